The van der Waals surface area contributed by atoms with Crippen molar-refractivity contribution in [2.45, 2.75) is 26.7 Å². The minimum absolute atomic E-state index is 0.0753. The van der Waals surface area contributed by atoms with E-state index in [2.05, 4.69) is 15.2 Å². The normalized spacial score (nSPS) is 10.5. The molecule has 5 nitrogen and oxygen atoms in total. The van der Waals surface area contributed by atoms with E-state index in [1.54, 1.807) is 0 Å². The SMILES string of the molecule is CCc1nnc(Oc2cc(F)ccc2N)nc1CC. The maximum atomic E-state index is 13.1. The molecule has 0 spiro atoms. The smallest absolute Gasteiger partial charge is 0.341 e. The summed E-state index contributed by atoms with van der Waals surface area (Å²) in [6.07, 6.45) is 1.49. The van der Waals surface area contributed by atoms with E-state index >= 15 is 0 Å². The second-order valence-electron chi connectivity index (χ2n) is 3.98. The van der Waals surface area contributed by atoms with Gasteiger partial charge in [0.25, 0.3) is 0 Å². The Hall–Kier alpha value is -2.24. The van der Waals surface area contributed by atoms with Crippen LogP contribution in [0.25, 0.3) is 0 Å². The summed E-state index contributed by atoms with van der Waals surface area (Å²) < 4.78 is 18.5. The standard InChI is InChI=1S/C13H15FN4O/c1-3-10-11(4-2)17-18-13(16-10)19-12-7-8(14)5-6-9(12)15/h5-7H,3-4,15H2,1-2H3. The molecule has 0 atom stereocenters. The number of rotatable bonds is 4. The minimum Gasteiger partial charge on any atom is -0.421 e. The zero-order chi connectivity index (χ0) is 13.8. The first-order valence-corrected chi connectivity index (χ1v) is 6.09. The molecule has 0 aliphatic rings. The fourth-order valence-electron chi connectivity index (χ4n) is 1.66. The van der Waals surface area contributed by atoms with Gasteiger partial charge in [-0.1, -0.05) is 18.9 Å². The Labute approximate surface area is 110 Å². The molecule has 1 heterocycles. The fourth-order valence-corrected chi connectivity index (χ4v) is 1.66. The highest BCUT2D eigenvalue weighted by atomic mass is 19.1. The van der Waals surface area contributed by atoms with Gasteiger partial charge in [0, 0.05) is 6.07 Å². The highest BCUT2D eigenvalue weighted by Crippen LogP contribution is 2.26. The Morgan fingerprint density at radius 2 is 1.89 bits per heavy atom. The largest absolute Gasteiger partial charge is 0.421 e. The number of aryl methyl sites for hydroxylation is 2. The van der Waals surface area contributed by atoms with Gasteiger partial charge in [0.05, 0.1) is 17.1 Å². The van der Waals surface area contributed by atoms with Crippen molar-refractivity contribution >= 4 is 5.69 Å². The van der Waals surface area contributed by atoms with Crippen molar-refractivity contribution in [1.82, 2.24) is 15.2 Å². The Balaban J connectivity index is 2.30. The summed E-state index contributed by atoms with van der Waals surface area (Å²) in [5.41, 5.74) is 7.68. The van der Waals surface area contributed by atoms with Crippen LogP contribution in [0.4, 0.5) is 10.1 Å². The summed E-state index contributed by atoms with van der Waals surface area (Å²) in [4.78, 5) is 4.25. The first-order valence-electron chi connectivity index (χ1n) is 6.09. The third-order valence-corrected chi connectivity index (χ3v) is 2.67. The summed E-state index contributed by atoms with van der Waals surface area (Å²) in [6.45, 7) is 3.96. The molecule has 0 aliphatic carbocycles. The first kappa shape index (κ1) is 13.2. The number of nitrogens with zero attached hydrogens (tertiary/aromatic N) is 3. The zero-order valence-corrected chi connectivity index (χ0v) is 10.9. The molecular weight excluding hydrogens is 247 g/mol. The van der Waals surface area contributed by atoms with Crippen LogP contribution in [0.3, 0.4) is 0 Å². The number of nitrogen functional groups attached to an aromatic ring is 1. The van der Waals surface area contributed by atoms with Crippen LogP contribution in [0, 0.1) is 5.82 Å². The summed E-state index contributed by atoms with van der Waals surface area (Å²) >= 11 is 0. The predicted molar refractivity (Wildman–Crippen MR) is 69.5 cm³/mol. The van der Waals surface area contributed by atoms with E-state index in [1.807, 2.05) is 13.8 Å². The quantitative estimate of drug-likeness (QED) is 0.857. The molecule has 1 aromatic carbocycles. The Bertz CT molecular complexity index is 589. The molecule has 0 bridgehead atoms. The molecule has 0 radical (unpaired) electrons. The van der Waals surface area contributed by atoms with Crippen molar-refractivity contribution in [3.8, 4) is 11.8 Å². The number of aromatic nitrogens is 3. The van der Waals surface area contributed by atoms with E-state index in [4.69, 9.17) is 10.5 Å². The molecule has 19 heavy (non-hydrogen) atoms. The van der Waals surface area contributed by atoms with E-state index < -0.39 is 5.82 Å². The van der Waals surface area contributed by atoms with Crippen molar-refractivity contribution in [2.75, 3.05) is 5.73 Å². The maximum Gasteiger partial charge on any atom is 0.341 e. The van der Waals surface area contributed by atoms with Gasteiger partial charge in [0.15, 0.2) is 5.75 Å². The van der Waals surface area contributed by atoms with E-state index in [0.717, 1.165) is 24.2 Å². The van der Waals surface area contributed by atoms with Crippen molar-refractivity contribution in [2.24, 2.45) is 0 Å². The van der Waals surface area contributed by atoms with E-state index in [-0.39, 0.29) is 11.8 Å². The number of anilines is 1. The van der Waals surface area contributed by atoms with Gasteiger partial charge in [0.2, 0.25) is 0 Å². The average molecular weight is 262 g/mol. The van der Waals surface area contributed by atoms with Crippen LogP contribution in [-0.4, -0.2) is 15.2 Å². The van der Waals surface area contributed by atoms with Crippen LogP contribution in [0.2, 0.25) is 0 Å². The summed E-state index contributed by atoms with van der Waals surface area (Å²) in [6, 6.07) is 3.96. The molecule has 0 saturated heterocycles. The molecule has 0 amide bonds. The molecule has 1 aromatic heterocycles. The lowest BCUT2D eigenvalue weighted by Crippen LogP contribution is -2.05. The third-order valence-electron chi connectivity index (χ3n) is 2.67. The maximum absolute atomic E-state index is 13.1. The predicted octanol–water partition coefficient (Wildman–Crippen LogP) is 2.51. The van der Waals surface area contributed by atoms with Crippen molar-refractivity contribution in [3.05, 3.63) is 35.4 Å². The van der Waals surface area contributed by atoms with Crippen LogP contribution >= 0.6 is 0 Å². The average Bonchev–Trinajstić information content (AvgIpc) is 2.42. The molecule has 0 saturated carbocycles. The Kier molecular flexibility index (Phi) is 3.89. The Morgan fingerprint density at radius 3 is 2.58 bits per heavy atom. The fraction of sp³-hybridized carbons (Fsp3) is 0.308. The number of halogens is 1. The van der Waals surface area contributed by atoms with Crippen LogP contribution in [0.1, 0.15) is 25.2 Å². The number of benzene rings is 1. The molecule has 2 N–H and O–H groups in total. The summed E-state index contributed by atoms with van der Waals surface area (Å²) in [5, 5.41) is 7.91. The van der Waals surface area contributed by atoms with E-state index in [1.165, 1.54) is 18.2 Å². The molecular formula is C13H15FN4O. The number of hydrogen-bond acceptors (Lipinski definition) is 5. The van der Waals surface area contributed by atoms with Gasteiger partial charge in [0.1, 0.15) is 5.82 Å². The first-order chi connectivity index (χ1) is 9.13. The molecule has 2 rings (SSSR count). The number of hydrogen-bond donors (Lipinski definition) is 1. The third kappa shape index (κ3) is 2.96. The topological polar surface area (TPSA) is 73.9 Å². The minimum atomic E-state index is -0.432. The van der Waals surface area contributed by atoms with Gasteiger partial charge in [-0.3, -0.25) is 0 Å². The number of nitrogens with two attached hydrogens (primary N) is 1. The van der Waals surface area contributed by atoms with Crippen LogP contribution in [0.15, 0.2) is 18.2 Å². The van der Waals surface area contributed by atoms with Crippen LogP contribution in [-0.2, 0) is 12.8 Å². The molecule has 100 valence electrons. The van der Waals surface area contributed by atoms with E-state index in [0.29, 0.717) is 5.69 Å². The van der Waals surface area contributed by atoms with Gasteiger partial charge >= 0.3 is 6.01 Å². The summed E-state index contributed by atoms with van der Waals surface area (Å²) in [7, 11) is 0. The second-order valence-corrected chi connectivity index (χ2v) is 3.98. The van der Waals surface area contributed by atoms with Gasteiger partial charge in [-0.2, -0.15) is 4.98 Å². The van der Waals surface area contributed by atoms with E-state index in [9.17, 15) is 4.39 Å². The van der Waals surface area contributed by atoms with Gasteiger partial charge in [-0.15, -0.1) is 5.10 Å². The number of ether oxygens (including phenoxy) is 1. The highest BCUT2D eigenvalue weighted by molar-refractivity contribution is 5.53. The van der Waals surface area contributed by atoms with Gasteiger partial charge in [-0.05, 0) is 25.0 Å². The van der Waals surface area contributed by atoms with Crippen molar-refractivity contribution in [3.63, 3.8) is 0 Å². The van der Waals surface area contributed by atoms with Gasteiger partial charge in [-0.25, -0.2) is 4.39 Å². The Morgan fingerprint density at radius 1 is 1.16 bits per heavy atom. The monoisotopic (exact) mass is 262 g/mol. The van der Waals surface area contributed by atoms with Crippen LogP contribution in [0.5, 0.6) is 11.8 Å². The highest BCUT2D eigenvalue weighted by Gasteiger charge is 2.10. The molecule has 0 unspecified atom stereocenters. The molecule has 2 aromatic rings. The lowest BCUT2D eigenvalue weighted by Gasteiger charge is -2.08. The molecule has 0 aliphatic heterocycles. The molecule has 6 heteroatoms. The lowest BCUT2D eigenvalue weighted by molar-refractivity contribution is 0.427. The van der Waals surface area contributed by atoms with Gasteiger partial charge < -0.3 is 10.5 Å². The molecule has 0 fully saturated rings. The van der Waals surface area contributed by atoms with Crippen molar-refractivity contribution < 1.29 is 9.13 Å². The van der Waals surface area contributed by atoms with Crippen molar-refractivity contribution in [1.29, 1.82) is 0 Å². The second kappa shape index (κ2) is 5.60. The van der Waals surface area contributed by atoms with Crippen LogP contribution < -0.4 is 10.5 Å². The summed E-state index contributed by atoms with van der Waals surface area (Å²) in [5.74, 6) is -0.244. The zero-order valence-electron chi connectivity index (χ0n) is 10.9. The lowest BCUT2D eigenvalue weighted by atomic mass is 10.2.